The molecule has 2 saturated heterocycles. The summed E-state index contributed by atoms with van der Waals surface area (Å²) in [6.45, 7) is 7.31. The maximum absolute atomic E-state index is 14.4. The van der Waals surface area contributed by atoms with Gasteiger partial charge in [0.1, 0.15) is 5.54 Å². The number of nitrogens with one attached hydrogen (secondary N) is 1. The van der Waals surface area contributed by atoms with Gasteiger partial charge >= 0.3 is 0 Å². The van der Waals surface area contributed by atoms with Crippen molar-refractivity contribution in [1.29, 1.82) is 0 Å². The number of hydrogen-bond acceptors (Lipinski definition) is 7. The van der Waals surface area contributed by atoms with Crippen LogP contribution >= 0.6 is 0 Å². The smallest absolute Gasteiger partial charge is 0.247 e. The number of nitrogens with zero attached hydrogens (tertiary/aromatic N) is 2. The molecular weight excluding hydrogens is 602 g/mol. The number of carbonyl (C=O) groups is 2. The normalized spacial score (nSPS) is 42.7. The van der Waals surface area contributed by atoms with Gasteiger partial charge in [-0.25, -0.2) is 0 Å². The number of allylic oxidation sites excluding steroid dienone is 4. The lowest BCUT2D eigenvalue weighted by Gasteiger charge is -2.71. The quantitative estimate of drug-likeness (QED) is 0.291. The fourth-order valence-electron chi connectivity index (χ4n) is 12.6. The molecule has 8 atom stereocenters. The minimum atomic E-state index is -0.915. The highest BCUT2D eigenvalue weighted by atomic mass is 16.3. The van der Waals surface area contributed by atoms with Gasteiger partial charge in [0.2, 0.25) is 11.7 Å². The van der Waals surface area contributed by atoms with Crippen LogP contribution in [0.25, 0.3) is 0 Å². The maximum atomic E-state index is 14.4. The first kappa shape index (κ1) is 30.8. The first-order chi connectivity index (χ1) is 23.0. The molecule has 1 aromatic carbocycles. The maximum Gasteiger partial charge on any atom is 0.247 e. The number of ketones is 1. The summed E-state index contributed by atoms with van der Waals surface area (Å²) in [6.07, 6.45) is 15.3. The SMILES string of the molecule is C[C@]12CC[C@H]3[C@]4(C=C[C@@]5(C=C4C(=O)c4ccco4)CC(O)CC[C@]35C)[C@@H]1CC[C@@]2(O)CN1CCC2(CC1)C(=O)NCN2c1ccccc1. The van der Waals surface area contributed by atoms with Crippen molar-refractivity contribution in [1.82, 2.24) is 10.2 Å². The molecule has 3 N–H and O–H groups in total. The second-order valence-electron chi connectivity index (χ2n) is 16.9. The third-order valence-electron chi connectivity index (χ3n) is 15.3. The van der Waals surface area contributed by atoms with E-state index in [2.05, 4.69) is 59.3 Å². The van der Waals surface area contributed by atoms with Gasteiger partial charge in [0.15, 0.2) is 5.76 Å². The Kier molecular flexibility index (Phi) is 6.54. The van der Waals surface area contributed by atoms with Crippen LogP contribution in [-0.2, 0) is 4.79 Å². The van der Waals surface area contributed by atoms with Crippen molar-refractivity contribution in [3.8, 4) is 0 Å². The van der Waals surface area contributed by atoms with Crippen molar-refractivity contribution >= 4 is 17.4 Å². The molecule has 2 bridgehead atoms. The molecule has 1 aromatic heterocycles. The van der Waals surface area contributed by atoms with Crippen LogP contribution in [0.15, 0.2) is 76.9 Å². The molecule has 48 heavy (non-hydrogen) atoms. The van der Waals surface area contributed by atoms with Crippen LogP contribution in [-0.4, -0.2) is 70.4 Å². The van der Waals surface area contributed by atoms with Gasteiger partial charge < -0.3 is 29.7 Å². The van der Waals surface area contributed by atoms with Crippen molar-refractivity contribution < 1.29 is 24.2 Å². The largest absolute Gasteiger partial charge is 0.461 e. The molecule has 6 aliphatic carbocycles. The number of β-amino-alcohol motifs (C(OH)–C–C–N with tert-alkyl or cyclic N) is 1. The molecule has 10 rings (SSSR count). The molecule has 8 heteroatoms. The van der Waals surface area contributed by atoms with Crippen LogP contribution in [0.2, 0.25) is 0 Å². The van der Waals surface area contributed by atoms with Gasteiger partial charge in [0.25, 0.3) is 0 Å². The van der Waals surface area contributed by atoms with Gasteiger partial charge in [-0.1, -0.05) is 50.3 Å². The lowest BCUT2D eigenvalue weighted by atomic mass is 9.32. The summed E-state index contributed by atoms with van der Waals surface area (Å²) in [7, 11) is 0. The highest BCUT2D eigenvalue weighted by Gasteiger charge is 2.74. The number of hydrogen-bond donors (Lipinski definition) is 3. The van der Waals surface area contributed by atoms with E-state index in [1.807, 2.05) is 18.2 Å². The van der Waals surface area contributed by atoms with Gasteiger partial charge in [-0.15, -0.1) is 0 Å². The van der Waals surface area contributed by atoms with E-state index in [0.717, 1.165) is 69.3 Å². The van der Waals surface area contributed by atoms with Gasteiger partial charge in [-0.2, -0.15) is 0 Å². The number of aliphatic hydroxyl groups excluding tert-OH is 1. The Morgan fingerprint density at radius 2 is 1.67 bits per heavy atom. The lowest BCUT2D eigenvalue weighted by Crippen LogP contribution is -2.67. The van der Waals surface area contributed by atoms with E-state index < -0.39 is 22.0 Å². The second kappa shape index (κ2) is 10.2. The summed E-state index contributed by atoms with van der Waals surface area (Å²) in [6, 6.07) is 13.8. The van der Waals surface area contributed by atoms with E-state index in [0.29, 0.717) is 31.8 Å². The summed E-state index contributed by atoms with van der Waals surface area (Å²) < 4.78 is 5.72. The second-order valence-corrected chi connectivity index (χ2v) is 16.9. The van der Waals surface area contributed by atoms with Crippen molar-refractivity contribution in [2.75, 3.05) is 31.2 Å². The molecule has 0 radical (unpaired) electrons. The van der Waals surface area contributed by atoms with Crippen molar-refractivity contribution in [2.24, 2.45) is 33.5 Å². The Morgan fingerprint density at radius 1 is 0.938 bits per heavy atom. The zero-order chi connectivity index (χ0) is 33.2. The average molecular weight is 652 g/mol. The summed E-state index contributed by atoms with van der Waals surface area (Å²) in [4.78, 5) is 32.4. The summed E-state index contributed by atoms with van der Waals surface area (Å²) in [5.41, 5.74) is -0.901. The first-order valence-corrected chi connectivity index (χ1v) is 18.3. The molecule has 2 aromatic rings. The number of benzene rings is 1. The number of piperidine rings is 1. The van der Waals surface area contributed by atoms with E-state index in [1.165, 1.54) is 0 Å². The molecule has 8 aliphatic rings. The fourth-order valence-corrected chi connectivity index (χ4v) is 12.6. The van der Waals surface area contributed by atoms with Gasteiger partial charge in [-0.3, -0.25) is 9.59 Å². The highest BCUT2D eigenvalue weighted by Crippen LogP contribution is 2.78. The van der Waals surface area contributed by atoms with Crippen LogP contribution in [0.1, 0.15) is 82.2 Å². The molecule has 254 valence electrons. The number of anilines is 1. The third-order valence-corrected chi connectivity index (χ3v) is 15.3. The number of aliphatic hydroxyl groups is 2. The predicted octanol–water partition coefficient (Wildman–Crippen LogP) is 5.48. The van der Waals surface area contributed by atoms with E-state index in [4.69, 9.17) is 4.42 Å². The van der Waals surface area contributed by atoms with Crippen molar-refractivity contribution in [2.45, 2.75) is 88.9 Å². The zero-order valence-corrected chi connectivity index (χ0v) is 28.3. The Labute approximate surface area is 283 Å². The van der Waals surface area contributed by atoms with Crippen LogP contribution in [0, 0.1) is 33.5 Å². The monoisotopic (exact) mass is 651 g/mol. The van der Waals surface area contributed by atoms with Crippen LogP contribution < -0.4 is 10.2 Å². The molecule has 1 unspecified atom stereocenters. The van der Waals surface area contributed by atoms with E-state index >= 15 is 0 Å². The van der Waals surface area contributed by atoms with Crippen LogP contribution in [0.3, 0.4) is 0 Å². The number of carbonyl (C=O) groups excluding carboxylic acids is 2. The molecule has 1 amide bonds. The molecule has 3 heterocycles. The number of amides is 1. The van der Waals surface area contributed by atoms with Crippen molar-refractivity contribution in [3.05, 3.63) is 78.3 Å². The molecule has 3 saturated carbocycles. The number of likely N-dealkylation sites (tertiary alicyclic amines) is 1. The first-order valence-electron chi connectivity index (χ1n) is 18.3. The summed E-state index contributed by atoms with van der Waals surface area (Å²) in [5, 5.41) is 26.9. The van der Waals surface area contributed by atoms with Crippen LogP contribution in [0.4, 0.5) is 5.69 Å². The molecule has 5 fully saturated rings. The minimum Gasteiger partial charge on any atom is -0.461 e. The Morgan fingerprint density at radius 3 is 2.42 bits per heavy atom. The molecule has 8 nitrogen and oxygen atoms in total. The van der Waals surface area contributed by atoms with Gasteiger partial charge in [-0.05, 0) is 99.3 Å². The molecule has 2 aliphatic heterocycles. The standard InChI is InChI=1S/C40H49N3O5/c1-35-13-10-28(44)23-37(35)16-17-40(29(24-37)33(45)30-9-6-22-48-30)31(35)11-14-36(2)32(40)12-15-39(36,47)25-42-20-18-38(19-21-42)34(46)41-26-43(38)27-7-4-3-5-8-27/h3-9,16-17,22,24,28,31-32,44,47H,10-15,18-21,23,25-26H2,1-2H3,(H,41,46)/t28?,31-,32-,35-,36+,37+,39-,40-/m1/s1. The van der Waals surface area contributed by atoms with Crippen molar-refractivity contribution in [3.63, 3.8) is 0 Å². The number of furan rings is 1. The van der Waals surface area contributed by atoms with Crippen LogP contribution in [0.5, 0.6) is 0 Å². The molecular formula is C40H49N3O5. The van der Waals surface area contributed by atoms with Gasteiger partial charge in [0, 0.05) is 47.1 Å². The number of fused-ring (bicyclic) bond motifs is 1. The minimum absolute atomic E-state index is 0.0466. The topological polar surface area (TPSA) is 106 Å². The van der Waals surface area contributed by atoms with E-state index in [1.54, 1.807) is 18.4 Å². The zero-order valence-electron chi connectivity index (χ0n) is 28.3. The summed E-state index contributed by atoms with van der Waals surface area (Å²) >= 11 is 0. The van der Waals surface area contributed by atoms with Gasteiger partial charge in [0.05, 0.1) is 24.6 Å². The predicted molar refractivity (Wildman–Crippen MR) is 182 cm³/mol. The summed E-state index contributed by atoms with van der Waals surface area (Å²) in [5.74, 6) is 0.781. The highest BCUT2D eigenvalue weighted by molar-refractivity contribution is 6.08. The average Bonchev–Trinajstić information content (AvgIpc) is 3.80. The van der Waals surface area contributed by atoms with E-state index in [-0.39, 0.29) is 40.5 Å². The van der Waals surface area contributed by atoms with E-state index in [9.17, 15) is 19.8 Å². The fraction of sp³-hybridized carbons (Fsp3) is 0.600. The number of para-hydroxylation sites is 1. The molecule has 3 spiro atoms. The number of Topliss-reactive ketones (excluding diaryl/α,β-unsaturated/α-hetero) is 1. The Hall–Kier alpha value is -3.20. The number of rotatable bonds is 5. The Balaban J connectivity index is 1.03. The third kappa shape index (κ3) is 3.77. The Bertz CT molecular complexity index is 1700. The lowest BCUT2D eigenvalue weighted by molar-refractivity contribution is -0.177.